The fourth-order valence-corrected chi connectivity index (χ4v) is 2.26. The molecular formula is C17H24FNO. The highest BCUT2D eigenvalue weighted by Gasteiger charge is 2.12. The van der Waals surface area contributed by atoms with Gasteiger partial charge in [-0.1, -0.05) is 25.7 Å². The Bertz CT molecular complexity index is 487. The average Bonchev–Trinajstić information content (AvgIpc) is 2.34. The molecule has 20 heavy (non-hydrogen) atoms. The Labute approximate surface area is 121 Å². The van der Waals surface area contributed by atoms with Gasteiger partial charge in [0.2, 0.25) is 0 Å². The Morgan fingerprint density at radius 3 is 2.55 bits per heavy atom. The van der Waals surface area contributed by atoms with Gasteiger partial charge in [0.25, 0.3) is 0 Å². The second-order valence-electron chi connectivity index (χ2n) is 5.70. The van der Waals surface area contributed by atoms with Crippen LogP contribution in [0.4, 0.5) is 4.39 Å². The van der Waals surface area contributed by atoms with Gasteiger partial charge < -0.3 is 5.11 Å². The summed E-state index contributed by atoms with van der Waals surface area (Å²) in [6, 6.07) is 5.27. The van der Waals surface area contributed by atoms with Crippen LogP contribution in [0.3, 0.4) is 0 Å². The van der Waals surface area contributed by atoms with Crippen LogP contribution in [0.15, 0.2) is 18.2 Å². The number of rotatable bonds is 5. The minimum Gasteiger partial charge on any atom is -0.384 e. The monoisotopic (exact) mass is 277 g/mol. The number of nitrogens with zero attached hydrogens (tertiary/aromatic N) is 1. The van der Waals surface area contributed by atoms with Crippen molar-refractivity contribution >= 4 is 0 Å². The van der Waals surface area contributed by atoms with Gasteiger partial charge in [-0.25, -0.2) is 4.39 Å². The van der Waals surface area contributed by atoms with E-state index < -0.39 is 0 Å². The first kappa shape index (κ1) is 16.7. The second kappa shape index (κ2) is 8.04. The fraction of sp³-hybridized carbons (Fsp3) is 0.529. The van der Waals surface area contributed by atoms with Gasteiger partial charge in [0.15, 0.2) is 0 Å². The smallest absolute Gasteiger partial charge is 0.124 e. The minimum atomic E-state index is -0.283. The molecule has 0 amide bonds. The van der Waals surface area contributed by atoms with Crippen molar-refractivity contribution in [2.45, 2.75) is 39.8 Å². The summed E-state index contributed by atoms with van der Waals surface area (Å²) in [4.78, 5) is 2.22. The highest BCUT2D eigenvalue weighted by atomic mass is 19.1. The molecule has 1 N–H and O–H groups in total. The van der Waals surface area contributed by atoms with Crippen molar-refractivity contribution in [2.24, 2.45) is 5.92 Å². The molecule has 1 rings (SSSR count). The minimum absolute atomic E-state index is 0.211. The Hall–Kier alpha value is -1.37. The first-order chi connectivity index (χ1) is 9.42. The van der Waals surface area contributed by atoms with Crippen LogP contribution >= 0.6 is 0 Å². The van der Waals surface area contributed by atoms with Crippen LogP contribution < -0.4 is 0 Å². The van der Waals surface area contributed by atoms with Crippen molar-refractivity contribution in [3.8, 4) is 11.8 Å². The molecule has 0 spiro atoms. The number of benzene rings is 1. The summed E-state index contributed by atoms with van der Waals surface area (Å²) in [7, 11) is 2.05. The molecule has 1 unspecified atom stereocenters. The largest absolute Gasteiger partial charge is 0.384 e. The number of hydrogen-bond donors (Lipinski definition) is 1. The standard InChI is InChI=1S/C17H24FNO/c1-13(2)8-14(3)19(4)12-16-9-15(6-5-7-20)10-17(18)11-16/h9-11,13-14,20H,7-8,12H2,1-4H3. The normalized spacial score (nSPS) is 12.4. The Balaban J connectivity index is 2.78. The summed E-state index contributed by atoms with van der Waals surface area (Å²) in [5, 5.41) is 8.69. The molecule has 1 aromatic carbocycles. The lowest BCUT2D eigenvalue weighted by molar-refractivity contribution is 0.220. The molecule has 1 atom stereocenters. The maximum absolute atomic E-state index is 13.6. The second-order valence-corrected chi connectivity index (χ2v) is 5.70. The van der Waals surface area contributed by atoms with Crippen LogP contribution in [-0.4, -0.2) is 29.7 Å². The van der Waals surface area contributed by atoms with Gasteiger partial charge in [0, 0.05) is 18.2 Å². The molecule has 0 heterocycles. The zero-order chi connectivity index (χ0) is 15.1. The average molecular weight is 277 g/mol. The topological polar surface area (TPSA) is 23.5 Å². The van der Waals surface area contributed by atoms with E-state index >= 15 is 0 Å². The third-order valence-electron chi connectivity index (χ3n) is 3.27. The predicted molar refractivity (Wildman–Crippen MR) is 80.7 cm³/mol. The molecule has 0 saturated carbocycles. The molecular weight excluding hydrogens is 253 g/mol. The molecule has 0 aliphatic carbocycles. The first-order valence-electron chi connectivity index (χ1n) is 7.01. The van der Waals surface area contributed by atoms with Crippen LogP contribution in [0.1, 0.15) is 38.3 Å². The summed E-state index contributed by atoms with van der Waals surface area (Å²) in [6.07, 6.45) is 1.11. The number of aliphatic hydroxyl groups is 1. The lowest BCUT2D eigenvalue weighted by Gasteiger charge is -2.26. The van der Waals surface area contributed by atoms with E-state index in [0.29, 0.717) is 24.1 Å². The summed E-state index contributed by atoms with van der Waals surface area (Å²) in [5.41, 5.74) is 1.52. The summed E-state index contributed by atoms with van der Waals surface area (Å²) < 4.78 is 13.6. The Morgan fingerprint density at radius 2 is 1.95 bits per heavy atom. The maximum atomic E-state index is 13.6. The van der Waals surface area contributed by atoms with E-state index in [0.717, 1.165) is 12.0 Å². The van der Waals surface area contributed by atoms with Crippen LogP contribution in [0.5, 0.6) is 0 Å². The van der Waals surface area contributed by atoms with Crippen molar-refractivity contribution in [1.29, 1.82) is 0 Å². The van der Waals surface area contributed by atoms with Gasteiger partial charge in [-0.3, -0.25) is 4.90 Å². The van der Waals surface area contributed by atoms with E-state index in [9.17, 15) is 4.39 Å². The molecule has 3 heteroatoms. The third-order valence-corrected chi connectivity index (χ3v) is 3.27. The highest BCUT2D eigenvalue weighted by molar-refractivity contribution is 5.37. The van der Waals surface area contributed by atoms with Gasteiger partial charge >= 0.3 is 0 Å². The zero-order valence-electron chi connectivity index (χ0n) is 12.8. The molecule has 0 fully saturated rings. The molecule has 0 aliphatic heterocycles. The van der Waals surface area contributed by atoms with E-state index in [-0.39, 0.29) is 12.4 Å². The van der Waals surface area contributed by atoms with Gasteiger partial charge in [-0.2, -0.15) is 0 Å². The van der Waals surface area contributed by atoms with Crippen molar-refractivity contribution < 1.29 is 9.50 Å². The predicted octanol–water partition coefficient (Wildman–Crippen LogP) is 3.04. The van der Waals surface area contributed by atoms with E-state index in [1.54, 1.807) is 6.07 Å². The fourth-order valence-electron chi connectivity index (χ4n) is 2.26. The first-order valence-corrected chi connectivity index (χ1v) is 7.01. The van der Waals surface area contributed by atoms with Crippen molar-refractivity contribution in [1.82, 2.24) is 4.90 Å². The molecule has 110 valence electrons. The van der Waals surface area contributed by atoms with E-state index in [2.05, 4.69) is 44.6 Å². The molecule has 1 aromatic rings. The Kier molecular flexibility index (Phi) is 6.70. The van der Waals surface area contributed by atoms with Gasteiger partial charge in [-0.15, -0.1) is 0 Å². The molecule has 0 saturated heterocycles. The van der Waals surface area contributed by atoms with E-state index in [4.69, 9.17) is 5.11 Å². The zero-order valence-corrected chi connectivity index (χ0v) is 12.8. The van der Waals surface area contributed by atoms with Gasteiger partial charge in [0.1, 0.15) is 12.4 Å². The van der Waals surface area contributed by atoms with Crippen molar-refractivity contribution in [3.63, 3.8) is 0 Å². The van der Waals surface area contributed by atoms with E-state index in [1.165, 1.54) is 6.07 Å². The summed E-state index contributed by atoms with van der Waals surface area (Å²) >= 11 is 0. The summed E-state index contributed by atoms with van der Waals surface area (Å²) in [6.45, 7) is 7.08. The van der Waals surface area contributed by atoms with Gasteiger partial charge in [-0.05, 0) is 50.1 Å². The summed E-state index contributed by atoms with van der Waals surface area (Å²) in [5.74, 6) is 5.66. The van der Waals surface area contributed by atoms with Crippen LogP contribution in [0.2, 0.25) is 0 Å². The number of hydrogen-bond acceptors (Lipinski definition) is 2. The quantitative estimate of drug-likeness (QED) is 0.836. The number of aliphatic hydroxyl groups excluding tert-OH is 1. The molecule has 0 aliphatic rings. The molecule has 0 aromatic heterocycles. The highest BCUT2D eigenvalue weighted by Crippen LogP contribution is 2.15. The lowest BCUT2D eigenvalue weighted by Crippen LogP contribution is -2.29. The van der Waals surface area contributed by atoms with Crippen molar-refractivity contribution in [2.75, 3.05) is 13.7 Å². The van der Waals surface area contributed by atoms with Gasteiger partial charge in [0.05, 0.1) is 0 Å². The van der Waals surface area contributed by atoms with Crippen LogP contribution in [-0.2, 0) is 6.54 Å². The van der Waals surface area contributed by atoms with E-state index in [1.807, 2.05) is 6.07 Å². The molecule has 0 radical (unpaired) electrons. The van der Waals surface area contributed by atoms with Crippen molar-refractivity contribution in [3.05, 3.63) is 35.1 Å². The van der Waals surface area contributed by atoms with Crippen LogP contribution in [0, 0.1) is 23.6 Å². The van der Waals surface area contributed by atoms with Crippen LogP contribution in [0.25, 0.3) is 0 Å². The number of halogens is 1. The SMILES string of the molecule is CC(C)CC(C)N(C)Cc1cc(F)cc(C#CCO)c1. The third kappa shape index (κ3) is 5.73. The molecule has 2 nitrogen and oxygen atoms in total. The molecule has 0 bridgehead atoms. The Morgan fingerprint density at radius 1 is 1.25 bits per heavy atom. The lowest BCUT2D eigenvalue weighted by atomic mass is 10.0. The maximum Gasteiger partial charge on any atom is 0.124 e.